The minimum absolute atomic E-state index is 0.0165. The molecule has 0 aromatic carbocycles. The zero-order chi connectivity index (χ0) is 15.3. The van der Waals surface area contributed by atoms with Crippen LogP contribution in [-0.2, 0) is 9.59 Å². The van der Waals surface area contributed by atoms with Gasteiger partial charge in [0.1, 0.15) is 0 Å². The average Bonchev–Trinajstić information content (AvgIpc) is 2.21. The largest absolute Gasteiger partial charge is 0.391 e. The minimum Gasteiger partial charge on any atom is -0.391 e. The van der Waals surface area contributed by atoms with E-state index in [1.54, 1.807) is 20.8 Å². The van der Waals surface area contributed by atoms with Crippen LogP contribution in [-0.4, -0.2) is 35.1 Å². The van der Waals surface area contributed by atoms with Gasteiger partial charge in [0.2, 0.25) is 11.8 Å². The molecule has 2 amide bonds. The van der Waals surface area contributed by atoms with Crippen molar-refractivity contribution in [3.8, 4) is 0 Å². The van der Waals surface area contributed by atoms with Crippen molar-refractivity contribution in [3.05, 3.63) is 0 Å². The first-order valence-electron chi connectivity index (χ1n) is 6.74. The normalized spacial score (nSPS) is 13.8. The molecule has 5 nitrogen and oxygen atoms in total. The number of rotatable bonds is 6. The summed E-state index contributed by atoms with van der Waals surface area (Å²) in [7, 11) is 0. The van der Waals surface area contributed by atoms with Crippen molar-refractivity contribution >= 4 is 11.8 Å². The molecule has 0 aromatic rings. The highest BCUT2D eigenvalue weighted by molar-refractivity contribution is 5.81. The van der Waals surface area contributed by atoms with Crippen LogP contribution in [0.15, 0.2) is 0 Å². The van der Waals surface area contributed by atoms with Crippen molar-refractivity contribution < 1.29 is 14.7 Å². The van der Waals surface area contributed by atoms with Gasteiger partial charge in [0, 0.05) is 18.4 Å². The standard InChI is InChI=1S/C14H28N2O3/c1-10(17)14(5,6)16-11(18)8-7-9-15-12(19)13(2,3)4/h10,17H,7-9H2,1-6H3,(H,15,19)(H,16,18). The lowest BCUT2D eigenvalue weighted by Gasteiger charge is -2.29. The van der Waals surface area contributed by atoms with Gasteiger partial charge in [-0.2, -0.15) is 0 Å². The summed E-state index contributed by atoms with van der Waals surface area (Å²) in [6.45, 7) is 11.2. The van der Waals surface area contributed by atoms with E-state index in [2.05, 4.69) is 10.6 Å². The molecular formula is C14H28N2O3. The molecule has 0 aliphatic carbocycles. The highest BCUT2D eigenvalue weighted by Gasteiger charge is 2.25. The maximum atomic E-state index is 11.7. The van der Waals surface area contributed by atoms with E-state index in [0.717, 1.165) is 0 Å². The number of nitrogens with one attached hydrogen (secondary N) is 2. The number of hydrogen-bond acceptors (Lipinski definition) is 3. The van der Waals surface area contributed by atoms with E-state index in [0.29, 0.717) is 19.4 Å². The molecular weight excluding hydrogens is 244 g/mol. The van der Waals surface area contributed by atoms with E-state index < -0.39 is 17.1 Å². The number of aliphatic hydroxyl groups excluding tert-OH is 1. The Morgan fingerprint density at radius 3 is 2.11 bits per heavy atom. The summed E-state index contributed by atoms with van der Waals surface area (Å²) in [5, 5.41) is 15.1. The smallest absolute Gasteiger partial charge is 0.225 e. The SMILES string of the molecule is CC(O)C(C)(C)NC(=O)CCCNC(=O)C(C)(C)C. The van der Waals surface area contributed by atoms with E-state index in [9.17, 15) is 14.7 Å². The summed E-state index contributed by atoms with van der Waals surface area (Å²) in [6.07, 6.45) is 0.307. The minimum atomic E-state index is -0.633. The zero-order valence-electron chi connectivity index (χ0n) is 13.0. The van der Waals surface area contributed by atoms with Crippen molar-refractivity contribution in [1.82, 2.24) is 10.6 Å². The van der Waals surface area contributed by atoms with Crippen LogP contribution in [0.25, 0.3) is 0 Å². The molecule has 1 atom stereocenters. The monoisotopic (exact) mass is 272 g/mol. The summed E-state index contributed by atoms with van der Waals surface area (Å²) in [5.74, 6) is -0.131. The molecule has 0 heterocycles. The van der Waals surface area contributed by atoms with Crippen molar-refractivity contribution in [2.24, 2.45) is 5.41 Å². The Bertz CT molecular complexity index is 317. The zero-order valence-corrected chi connectivity index (χ0v) is 13.0. The topological polar surface area (TPSA) is 78.4 Å². The van der Waals surface area contributed by atoms with Crippen LogP contribution < -0.4 is 10.6 Å². The first-order chi connectivity index (χ1) is 8.47. The Balaban J connectivity index is 3.92. The summed E-state index contributed by atoms with van der Waals surface area (Å²) in [6, 6.07) is 0. The third-order valence-corrected chi connectivity index (χ3v) is 3.05. The van der Waals surface area contributed by atoms with Crippen LogP contribution in [0.5, 0.6) is 0 Å². The van der Waals surface area contributed by atoms with Gasteiger partial charge in [-0.1, -0.05) is 20.8 Å². The number of aliphatic hydroxyl groups is 1. The molecule has 112 valence electrons. The van der Waals surface area contributed by atoms with E-state index >= 15 is 0 Å². The maximum Gasteiger partial charge on any atom is 0.225 e. The molecule has 0 saturated heterocycles. The van der Waals surface area contributed by atoms with Crippen LogP contribution in [0, 0.1) is 5.41 Å². The first-order valence-corrected chi connectivity index (χ1v) is 6.74. The van der Waals surface area contributed by atoms with Crippen molar-refractivity contribution in [3.63, 3.8) is 0 Å². The molecule has 0 fully saturated rings. The third-order valence-electron chi connectivity index (χ3n) is 3.05. The van der Waals surface area contributed by atoms with Crippen LogP contribution in [0.1, 0.15) is 54.4 Å². The average molecular weight is 272 g/mol. The van der Waals surface area contributed by atoms with Gasteiger partial charge in [0.05, 0.1) is 11.6 Å². The predicted molar refractivity (Wildman–Crippen MR) is 75.6 cm³/mol. The van der Waals surface area contributed by atoms with Crippen LogP contribution in [0.3, 0.4) is 0 Å². The number of carbonyl (C=O) groups excluding carboxylic acids is 2. The van der Waals surface area contributed by atoms with Gasteiger partial charge in [-0.25, -0.2) is 0 Å². The van der Waals surface area contributed by atoms with Gasteiger partial charge in [0.25, 0.3) is 0 Å². The number of carbonyl (C=O) groups is 2. The van der Waals surface area contributed by atoms with Crippen LogP contribution >= 0.6 is 0 Å². The molecule has 0 rings (SSSR count). The molecule has 19 heavy (non-hydrogen) atoms. The summed E-state index contributed by atoms with van der Waals surface area (Å²) >= 11 is 0. The fourth-order valence-electron chi connectivity index (χ4n) is 1.24. The molecule has 0 radical (unpaired) electrons. The third kappa shape index (κ3) is 7.15. The summed E-state index contributed by atoms with van der Waals surface area (Å²) < 4.78 is 0. The fourth-order valence-corrected chi connectivity index (χ4v) is 1.24. The van der Waals surface area contributed by atoms with Crippen molar-refractivity contribution in [2.45, 2.75) is 66.0 Å². The maximum absolute atomic E-state index is 11.7. The van der Waals surface area contributed by atoms with Crippen LogP contribution in [0.4, 0.5) is 0 Å². The van der Waals surface area contributed by atoms with Gasteiger partial charge in [-0.05, 0) is 27.2 Å². The number of amides is 2. The number of hydrogen-bond donors (Lipinski definition) is 3. The first kappa shape index (κ1) is 17.9. The molecule has 0 aliphatic heterocycles. The lowest BCUT2D eigenvalue weighted by molar-refractivity contribution is -0.129. The van der Waals surface area contributed by atoms with Crippen LogP contribution in [0.2, 0.25) is 0 Å². The summed E-state index contributed by atoms with van der Waals surface area (Å²) in [5.41, 5.74) is -1.04. The Morgan fingerprint density at radius 1 is 1.16 bits per heavy atom. The van der Waals surface area contributed by atoms with Gasteiger partial charge in [-0.15, -0.1) is 0 Å². The Hall–Kier alpha value is -1.10. The molecule has 0 aliphatic rings. The molecule has 1 unspecified atom stereocenters. The molecule has 5 heteroatoms. The molecule has 0 aromatic heterocycles. The van der Waals surface area contributed by atoms with E-state index in [-0.39, 0.29) is 11.8 Å². The lowest BCUT2D eigenvalue weighted by Crippen LogP contribution is -2.51. The van der Waals surface area contributed by atoms with Gasteiger partial charge in [0.15, 0.2) is 0 Å². The van der Waals surface area contributed by atoms with Crippen molar-refractivity contribution in [1.29, 1.82) is 0 Å². The summed E-state index contributed by atoms with van der Waals surface area (Å²) in [4.78, 5) is 23.3. The fraction of sp³-hybridized carbons (Fsp3) is 0.857. The Morgan fingerprint density at radius 2 is 1.68 bits per heavy atom. The predicted octanol–water partition coefficient (Wildman–Crippen LogP) is 1.20. The lowest BCUT2D eigenvalue weighted by atomic mass is 9.96. The Kier molecular flexibility index (Phi) is 6.49. The quantitative estimate of drug-likeness (QED) is 0.636. The van der Waals surface area contributed by atoms with E-state index in [1.807, 2.05) is 20.8 Å². The highest BCUT2D eigenvalue weighted by Crippen LogP contribution is 2.12. The second kappa shape index (κ2) is 6.89. The second-order valence-electron chi connectivity index (χ2n) is 6.56. The molecule has 0 saturated carbocycles. The van der Waals surface area contributed by atoms with E-state index in [4.69, 9.17) is 0 Å². The van der Waals surface area contributed by atoms with Gasteiger partial charge >= 0.3 is 0 Å². The van der Waals surface area contributed by atoms with Gasteiger partial charge < -0.3 is 15.7 Å². The van der Waals surface area contributed by atoms with Gasteiger partial charge in [-0.3, -0.25) is 9.59 Å². The molecule has 3 N–H and O–H groups in total. The van der Waals surface area contributed by atoms with E-state index in [1.165, 1.54) is 0 Å². The van der Waals surface area contributed by atoms with Crippen molar-refractivity contribution in [2.75, 3.05) is 6.54 Å². The Labute approximate surface area is 116 Å². The highest BCUT2D eigenvalue weighted by atomic mass is 16.3. The second-order valence-corrected chi connectivity index (χ2v) is 6.56. The molecule has 0 bridgehead atoms. The molecule has 0 spiro atoms.